The average Bonchev–Trinajstić information content (AvgIpc) is 3.03. The minimum absolute atomic E-state index is 0.0128. The average molecular weight is 291 g/mol. The Morgan fingerprint density at radius 3 is 2.86 bits per heavy atom. The molecule has 0 spiro atoms. The summed E-state index contributed by atoms with van der Waals surface area (Å²) in [6.45, 7) is 6.85. The molecule has 0 fully saturated rings. The van der Waals surface area contributed by atoms with E-state index < -0.39 is 0 Å². The number of rotatable bonds is 5. The topological polar surface area (TPSA) is 76.2 Å². The van der Waals surface area contributed by atoms with Gasteiger partial charge in [0.15, 0.2) is 0 Å². The second kappa shape index (κ2) is 6.43. The lowest BCUT2D eigenvalue weighted by atomic mass is 10.2. The fourth-order valence-corrected chi connectivity index (χ4v) is 2.11. The number of nitrogens with one attached hydrogen (secondary N) is 1. The van der Waals surface area contributed by atoms with Crippen LogP contribution >= 0.6 is 0 Å². The first-order valence-electron chi connectivity index (χ1n) is 6.86. The highest BCUT2D eigenvalue weighted by Crippen LogP contribution is 2.14. The maximum absolute atomic E-state index is 12.2. The minimum atomic E-state index is -0.123. The lowest BCUT2D eigenvalue weighted by molar-refractivity contribution is 0.202. The van der Waals surface area contributed by atoms with Gasteiger partial charge in [0.05, 0.1) is 18.6 Å². The smallest absolute Gasteiger partial charge is 0.317 e. The molecule has 0 bridgehead atoms. The first kappa shape index (κ1) is 15.1. The van der Waals surface area contributed by atoms with Crippen molar-refractivity contribution in [3.63, 3.8) is 0 Å². The summed E-state index contributed by atoms with van der Waals surface area (Å²) in [6.07, 6.45) is 5.32. The quantitative estimate of drug-likeness (QED) is 0.910. The van der Waals surface area contributed by atoms with Crippen LogP contribution in [0.5, 0.6) is 0 Å². The summed E-state index contributed by atoms with van der Waals surface area (Å²) in [4.78, 5) is 17.8. The van der Waals surface area contributed by atoms with Gasteiger partial charge >= 0.3 is 6.03 Å². The molecule has 2 aromatic heterocycles. The van der Waals surface area contributed by atoms with Crippen molar-refractivity contribution >= 4 is 6.03 Å². The second-order valence-corrected chi connectivity index (χ2v) is 5.27. The predicted molar refractivity (Wildman–Crippen MR) is 77.7 cm³/mol. The molecule has 0 aliphatic heterocycles. The molecule has 0 aliphatic carbocycles. The van der Waals surface area contributed by atoms with Crippen LogP contribution in [0, 0.1) is 13.8 Å². The SMILES string of the molecule is Cc1noc(C)c1CN(C)C(=O)N[C@H](C)Cn1ccnc1. The van der Waals surface area contributed by atoms with E-state index in [1.165, 1.54) is 0 Å². The van der Waals surface area contributed by atoms with Gasteiger partial charge in [0, 0.05) is 37.6 Å². The van der Waals surface area contributed by atoms with Crippen molar-refractivity contribution in [3.8, 4) is 0 Å². The molecule has 1 atom stereocenters. The molecular weight excluding hydrogens is 270 g/mol. The van der Waals surface area contributed by atoms with Gasteiger partial charge in [0.1, 0.15) is 5.76 Å². The van der Waals surface area contributed by atoms with Crippen molar-refractivity contribution in [3.05, 3.63) is 35.7 Å². The molecule has 1 N–H and O–H groups in total. The normalized spacial score (nSPS) is 12.2. The molecular formula is C14H21N5O2. The maximum Gasteiger partial charge on any atom is 0.317 e. The number of amides is 2. The van der Waals surface area contributed by atoms with Crippen LogP contribution in [-0.4, -0.2) is 38.7 Å². The summed E-state index contributed by atoms with van der Waals surface area (Å²) >= 11 is 0. The van der Waals surface area contributed by atoms with Gasteiger partial charge in [-0.3, -0.25) is 0 Å². The Morgan fingerprint density at radius 1 is 1.52 bits per heavy atom. The van der Waals surface area contributed by atoms with Crippen LogP contribution in [0.2, 0.25) is 0 Å². The van der Waals surface area contributed by atoms with E-state index in [-0.39, 0.29) is 12.1 Å². The fraction of sp³-hybridized carbons (Fsp3) is 0.500. The van der Waals surface area contributed by atoms with Crippen LogP contribution in [0.25, 0.3) is 0 Å². The van der Waals surface area contributed by atoms with Gasteiger partial charge in [0.25, 0.3) is 0 Å². The van der Waals surface area contributed by atoms with E-state index in [4.69, 9.17) is 4.52 Å². The zero-order chi connectivity index (χ0) is 15.4. The number of urea groups is 1. The number of imidazole rings is 1. The van der Waals surface area contributed by atoms with Crippen molar-refractivity contribution in [2.45, 2.75) is 39.9 Å². The maximum atomic E-state index is 12.2. The van der Waals surface area contributed by atoms with Gasteiger partial charge in [-0.2, -0.15) is 0 Å². The van der Waals surface area contributed by atoms with Crippen molar-refractivity contribution in [2.75, 3.05) is 7.05 Å². The lowest BCUT2D eigenvalue weighted by Gasteiger charge is -2.21. The predicted octanol–water partition coefficient (Wildman–Crippen LogP) is 1.72. The summed E-state index contributed by atoms with van der Waals surface area (Å²) in [5, 5.41) is 6.85. The Balaban J connectivity index is 1.87. The standard InChI is InChI=1S/C14H21N5O2/c1-10(7-19-6-5-15-9-19)16-14(20)18(4)8-13-11(2)17-21-12(13)3/h5-6,9-10H,7-8H2,1-4H3,(H,16,20)/t10-/m1/s1. The molecule has 0 saturated carbocycles. The van der Waals surface area contributed by atoms with E-state index in [9.17, 15) is 4.79 Å². The largest absolute Gasteiger partial charge is 0.361 e. The molecule has 7 nitrogen and oxygen atoms in total. The van der Waals surface area contributed by atoms with Gasteiger partial charge in [-0.1, -0.05) is 5.16 Å². The summed E-state index contributed by atoms with van der Waals surface area (Å²) in [6, 6.07) is -0.110. The van der Waals surface area contributed by atoms with Crippen molar-refractivity contribution in [1.82, 2.24) is 24.9 Å². The number of carbonyl (C=O) groups is 1. The van der Waals surface area contributed by atoms with Crippen molar-refractivity contribution < 1.29 is 9.32 Å². The molecule has 2 aromatic rings. The number of hydrogen-bond acceptors (Lipinski definition) is 4. The molecule has 0 saturated heterocycles. The number of aromatic nitrogens is 3. The summed E-state index contributed by atoms with van der Waals surface area (Å²) < 4.78 is 7.04. The molecule has 2 rings (SSSR count). The second-order valence-electron chi connectivity index (χ2n) is 5.27. The lowest BCUT2D eigenvalue weighted by Crippen LogP contribution is -2.43. The van der Waals surface area contributed by atoms with E-state index in [0.717, 1.165) is 17.0 Å². The van der Waals surface area contributed by atoms with Crippen molar-refractivity contribution in [1.29, 1.82) is 0 Å². The molecule has 114 valence electrons. The first-order chi connectivity index (χ1) is 9.97. The number of hydrogen-bond donors (Lipinski definition) is 1. The van der Waals surface area contributed by atoms with Crippen LogP contribution in [0.15, 0.2) is 23.2 Å². The zero-order valence-electron chi connectivity index (χ0n) is 12.8. The summed E-state index contributed by atoms with van der Waals surface area (Å²) in [5.74, 6) is 0.749. The highest BCUT2D eigenvalue weighted by molar-refractivity contribution is 5.74. The van der Waals surface area contributed by atoms with Crippen LogP contribution in [0.3, 0.4) is 0 Å². The first-order valence-corrected chi connectivity index (χ1v) is 6.86. The van der Waals surface area contributed by atoms with Gasteiger partial charge < -0.3 is 19.3 Å². The highest BCUT2D eigenvalue weighted by atomic mass is 16.5. The van der Waals surface area contributed by atoms with E-state index in [1.54, 1.807) is 24.5 Å². The Bertz CT molecular complexity index is 571. The van der Waals surface area contributed by atoms with Gasteiger partial charge in [-0.05, 0) is 20.8 Å². The van der Waals surface area contributed by atoms with Crippen LogP contribution < -0.4 is 5.32 Å². The molecule has 7 heteroatoms. The molecule has 0 radical (unpaired) electrons. The molecule has 2 heterocycles. The Morgan fingerprint density at radius 2 is 2.29 bits per heavy atom. The van der Waals surface area contributed by atoms with E-state index in [1.807, 2.05) is 31.5 Å². The Labute approximate surface area is 123 Å². The van der Waals surface area contributed by atoms with Gasteiger partial charge in [-0.25, -0.2) is 9.78 Å². The highest BCUT2D eigenvalue weighted by Gasteiger charge is 2.16. The summed E-state index contributed by atoms with van der Waals surface area (Å²) in [7, 11) is 1.76. The van der Waals surface area contributed by atoms with E-state index in [0.29, 0.717) is 13.1 Å². The zero-order valence-corrected chi connectivity index (χ0v) is 12.8. The van der Waals surface area contributed by atoms with Crippen LogP contribution in [0.1, 0.15) is 23.9 Å². The molecule has 0 unspecified atom stereocenters. The molecule has 0 aromatic carbocycles. The summed E-state index contributed by atoms with van der Waals surface area (Å²) in [5.41, 5.74) is 1.77. The molecule has 2 amide bonds. The Kier molecular flexibility index (Phi) is 4.62. The number of nitrogens with zero attached hydrogens (tertiary/aromatic N) is 4. The number of carbonyl (C=O) groups excluding carboxylic acids is 1. The van der Waals surface area contributed by atoms with E-state index in [2.05, 4.69) is 15.5 Å². The minimum Gasteiger partial charge on any atom is -0.361 e. The third-order valence-corrected chi connectivity index (χ3v) is 3.34. The van der Waals surface area contributed by atoms with Gasteiger partial charge in [-0.15, -0.1) is 0 Å². The third-order valence-electron chi connectivity index (χ3n) is 3.34. The monoisotopic (exact) mass is 291 g/mol. The number of aryl methyl sites for hydroxylation is 2. The van der Waals surface area contributed by atoms with E-state index >= 15 is 0 Å². The Hall–Kier alpha value is -2.31. The fourth-order valence-electron chi connectivity index (χ4n) is 2.11. The van der Waals surface area contributed by atoms with Crippen LogP contribution in [-0.2, 0) is 13.1 Å². The van der Waals surface area contributed by atoms with Gasteiger partial charge in [0.2, 0.25) is 0 Å². The third kappa shape index (κ3) is 3.84. The molecule has 0 aliphatic rings. The van der Waals surface area contributed by atoms with Crippen molar-refractivity contribution in [2.24, 2.45) is 0 Å². The van der Waals surface area contributed by atoms with Crippen LogP contribution in [0.4, 0.5) is 4.79 Å². The molecule has 21 heavy (non-hydrogen) atoms.